The summed E-state index contributed by atoms with van der Waals surface area (Å²) in [7, 11) is 1.55. The van der Waals surface area contributed by atoms with Crippen molar-refractivity contribution in [2.45, 2.75) is 58.0 Å². The molecule has 2 aliphatic carbocycles. The maximum Gasteiger partial charge on any atom is 0.328 e. The maximum atomic E-state index is 13.3. The van der Waals surface area contributed by atoms with E-state index in [2.05, 4.69) is 23.4 Å². The van der Waals surface area contributed by atoms with Crippen molar-refractivity contribution >= 4 is 16.8 Å². The smallest absolute Gasteiger partial charge is 0.328 e. The number of carbonyl (C=O) groups excluding carboxylic acids is 1. The standard InChI is InChI=1S/C27H36N4O4/c1-17-15-29(12-13-30(17)18(2)20-8-9-20)25(32)21-6-4-19(5-7-21)16-31-26(33)23-14-22(35-3)10-11-24(23)28-27(31)34/h10-11,14,17,19-21H,2,4-9,12-13,15-16H2,1,3H3,(H,28,34)/t17-,19-,21-/m1/s1. The molecule has 5 rings (SSSR count). The van der Waals surface area contributed by atoms with Gasteiger partial charge in [0.15, 0.2) is 0 Å². The van der Waals surface area contributed by atoms with Crippen LogP contribution in [0.25, 0.3) is 10.9 Å². The van der Waals surface area contributed by atoms with E-state index in [1.165, 1.54) is 23.1 Å². The van der Waals surface area contributed by atoms with E-state index >= 15 is 0 Å². The summed E-state index contributed by atoms with van der Waals surface area (Å²) in [6.07, 6.45) is 5.79. The average molecular weight is 481 g/mol. The molecule has 8 heteroatoms. The number of ether oxygens (including phenoxy) is 1. The molecule has 0 radical (unpaired) electrons. The normalized spacial score (nSPS) is 25.0. The van der Waals surface area contributed by atoms with Crippen molar-refractivity contribution in [3.8, 4) is 5.75 Å². The van der Waals surface area contributed by atoms with Gasteiger partial charge in [0.2, 0.25) is 5.91 Å². The minimum absolute atomic E-state index is 0.0347. The summed E-state index contributed by atoms with van der Waals surface area (Å²) >= 11 is 0. The van der Waals surface area contributed by atoms with Gasteiger partial charge in [0.1, 0.15) is 5.75 Å². The van der Waals surface area contributed by atoms with Crippen LogP contribution in [-0.2, 0) is 11.3 Å². The van der Waals surface area contributed by atoms with Crippen LogP contribution < -0.4 is 16.0 Å². The van der Waals surface area contributed by atoms with Gasteiger partial charge in [0.05, 0.1) is 18.0 Å². The molecule has 1 saturated heterocycles. The van der Waals surface area contributed by atoms with Crippen molar-refractivity contribution in [1.82, 2.24) is 19.4 Å². The van der Waals surface area contributed by atoms with Crippen LogP contribution in [0.4, 0.5) is 0 Å². The zero-order chi connectivity index (χ0) is 24.7. The van der Waals surface area contributed by atoms with Crippen LogP contribution in [0.5, 0.6) is 5.75 Å². The minimum Gasteiger partial charge on any atom is -0.497 e. The van der Waals surface area contributed by atoms with E-state index < -0.39 is 0 Å². The number of hydrogen-bond donors (Lipinski definition) is 1. The second-order valence-electron chi connectivity index (χ2n) is 10.6. The van der Waals surface area contributed by atoms with Crippen LogP contribution in [0.15, 0.2) is 40.1 Å². The zero-order valence-electron chi connectivity index (χ0n) is 20.8. The highest BCUT2D eigenvalue weighted by Gasteiger charge is 2.36. The topological polar surface area (TPSA) is 87.6 Å². The Bertz CT molecular complexity index is 1240. The van der Waals surface area contributed by atoms with Crippen LogP contribution in [0.1, 0.15) is 45.4 Å². The lowest BCUT2D eigenvalue weighted by molar-refractivity contribution is -0.139. The number of rotatable bonds is 6. The molecule has 2 heterocycles. The first-order valence-electron chi connectivity index (χ1n) is 12.9. The molecule has 0 unspecified atom stereocenters. The molecule has 1 aromatic carbocycles. The molecule has 2 aromatic rings. The number of aromatic amines is 1. The summed E-state index contributed by atoms with van der Waals surface area (Å²) in [4.78, 5) is 46.2. The fourth-order valence-corrected chi connectivity index (χ4v) is 5.87. The van der Waals surface area contributed by atoms with E-state index in [1.807, 2.05) is 4.90 Å². The van der Waals surface area contributed by atoms with Gasteiger partial charge in [-0.15, -0.1) is 0 Å². The number of piperazine rings is 1. The molecule has 3 aliphatic rings. The van der Waals surface area contributed by atoms with Gasteiger partial charge in [-0.2, -0.15) is 0 Å². The molecule has 3 fully saturated rings. The van der Waals surface area contributed by atoms with Crippen LogP contribution in [0.2, 0.25) is 0 Å². The van der Waals surface area contributed by atoms with Crippen molar-refractivity contribution in [3.05, 3.63) is 51.3 Å². The summed E-state index contributed by atoms with van der Waals surface area (Å²) < 4.78 is 6.54. The van der Waals surface area contributed by atoms with Crippen molar-refractivity contribution in [1.29, 1.82) is 0 Å². The van der Waals surface area contributed by atoms with E-state index in [-0.39, 0.29) is 29.0 Å². The summed E-state index contributed by atoms with van der Waals surface area (Å²) in [5.74, 6) is 1.74. The Labute approximate surface area is 205 Å². The number of amides is 1. The third-order valence-electron chi connectivity index (χ3n) is 8.18. The molecule has 1 aromatic heterocycles. The first kappa shape index (κ1) is 23.7. The maximum absolute atomic E-state index is 13.3. The molecular formula is C27H36N4O4. The van der Waals surface area contributed by atoms with Crippen molar-refractivity contribution in [2.75, 3.05) is 26.7 Å². The first-order chi connectivity index (χ1) is 16.9. The fourth-order valence-electron chi connectivity index (χ4n) is 5.87. The third-order valence-corrected chi connectivity index (χ3v) is 8.18. The molecule has 188 valence electrons. The van der Waals surface area contributed by atoms with Gasteiger partial charge >= 0.3 is 5.69 Å². The van der Waals surface area contributed by atoms with Gasteiger partial charge in [0.25, 0.3) is 5.56 Å². The van der Waals surface area contributed by atoms with E-state index in [0.717, 1.165) is 45.3 Å². The van der Waals surface area contributed by atoms with Crippen molar-refractivity contribution in [2.24, 2.45) is 17.8 Å². The number of aromatic nitrogens is 2. The summed E-state index contributed by atoms with van der Waals surface area (Å²) in [5, 5.41) is 0.449. The third kappa shape index (κ3) is 4.75. The van der Waals surface area contributed by atoms with E-state index in [9.17, 15) is 14.4 Å². The molecule has 1 amide bonds. The molecule has 1 N–H and O–H groups in total. The van der Waals surface area contributed by atoms with Gasteiger partial charge in [-0.05, 0) is 75.5 Å². The number of fused-ring (bicyclic) bond motifs is 1. The van der Waals surface area contributed by atoms with E-state index in [0.29, 0.717) is 35.2 Å². The van der Waals surface area contributed by atoms with Crippen LogP contribution in [0.3, 0.4) is 0 Å². The molecule has 2 saturated carbocycles. The minimum atomic E-state index is -0.384. The highest BCUT2D eigenvalue weighted by atomic mass is 16.5. The molecular weight excluding hydrogens is 444 g/mol. The Hall–Kier alpha value is -3.03. The predicted molar refractivity (Wildman–Crippen MR) is 135 cm³/mol. The first-order valence-corrected chi connectivity index (χ1v) is 12.9. The number of carbonyl (C=O) groups is 1. The lowest BCUT2D eigenvalue weighted by atomic mass is 9.81. The van der Waals surface area contributed by atoms with Gasteiger partial charge in [-0.1, -0.05) is 6.58 Å². The van der Waals surface area contributed by atoms with Gasteiger partial charge in [-0.25, -0.2) is 4.79 Å². The second-order valence-corrected chi connectivity index (χ2v) is 10.6. The molecule has 0 spiro atoms. The Morgan fingerprint density at radius 3 is 2.46 bits per heavy atom. The lowest BCUT2D eigenvalue weighted by Crippen LogP contribution is -2.54. The second kappa shape index (κ2) is 9.55. The van der Waals surface area contributed by atoms with E-state index in [1.54, 1.807) is 25.3 Å². The average Bonchev–Trinajstić information content (AvgIpc) is 3.71. The van der Waals surface area contributed by atoms with Crippen molar-refractivity contribution in [3.63, 3.8) is 0 Å². The number of hydrogen-bond acceptors (Lipinski definition) is 5. The number of nitrogens with zero attached hydrogens (tertiary/aromatic N) is 3. The predicted octanol–water partition coefficient (Wildman–Crippen LogP) is 2.96. The molecule has 8 nitrogen and oxygen atoms in total. The Kier molecular flexibility index (Phi) is 6.47. The number of nitrogens with one attached hydrogen (secondary N) is 1. The Morgan fingerprint density at radius 1 is 1.09 bits per heavy atom. The Morgan fingerprint density at radius 2 is 1.80 bits per heavy atom. The van der Waals surface area contributed by atoms with Gasteiger partial charge < -0.3 is 19.5 Å². The number of allylic oxidation sites excluding steroid dienone is 1. The quantitative estimate of drug-likeness (QED) is 0.687. The molecule has 1 atom stereocenters. The summed E-state index contributed by atoms with van der Waals surface area (Å²) in [6.45, 7) is 9.26. The zero-order valence-corrected chi connectivity index (χ0v) is 20.8. The van der Waals surface area contributed by atoms with Crippen LogP contribution in [-0.4, -0.2) is 58.0 Å². The lowest BCUT2D eigenvalue weighted by Gasteiger charge is -2.43. The summed E-state index contributed by atoms with van der Waals surface area (Å²) in [5.41, 5.74) is 1.09. The molecule has 1 aliphatic heterocycles. The number of methoxy groups -OCH3 is 1. The van der Waals surface area contributed by atoms with Crippen LogP contribution >= 0.6 is 0 Å². The molecule has 0 bridgehead atoms. The largest absolute Gasteiger partial charge is 0.497 e. The SMILES string of the molecule is C=C(C1CC1)N1CCN(C(=O)[C@H]2CC[C@H](Cn3c(=O)[nH]c4ccc(OC)cc4c3=O)CC2)C[C@H]1C. The highest BCUT2D eigenvalue weighted by Crippen LogP contribution is 2.39. The summed E-state index contributed by atoms with van der Waals surface area (Å²) in [6, 6.07) is 5.40. The van der Waals surface area contributed by atoms with Crippen LogP contribution in [0, 0.1) is 17.8 Å². The van der Waals surface area contributed by atoms with E-state index in [4.69, 9.17) is 4.74 Å². The van der Waals surface area contributed by atoms with Gasteiger partial charge in [-0.3, -0.25) is 14.2 Å². The Balaban J connectivity index is 1.19. The van der Waals surface area contributed by atoms with Crippen molar-refractivity contribution < 1.29 is 9.53 Å². The molecule has 35 heavy (non-hydrogen) atoms. The number of benzene rings is 1. The highest BCUT2D eigenvalue weighted by molar-refractivity contribution is 5.79. The number of H-pyrrole nitrogens is 1. The van der Waals surface area contributed by atoms with Gasteiger partial charge in [0, 0.05) is 43.8 Å². The monoisotopic (exact) mass is 480 g/mol. The fraction of sp³-hybridized carbons (Fsp3) is 0.593.